The lowest BCUT2D eigenvalue weighted by Crippen LogP contribution is -2.38. The van der Waals surface area contributed by atoms with Gasteiger partial charge in [-0.15, -0.1) is 0 Å². The Morgan fingerprint density at radius 3 is 2.85 bits per heavy atom. The molecule has 0 aliphatic heterocycles. The summed E-state index contributed by atoms with van der Waals surface area (Å²) in [6.07, 6.45) is 3.69. The molecule has 110 valence electrons. The van der Waals surface area contributed by atoms with Crippen LogP contribution in [0, 0.1) is 12.8 Å². The van der Waals surface area contributed by atoms with Crippen molar-refractivity contribution in [3.63, 3.8) is 0 Å². The van der Waals surface area contributed by atoms with Crippen molar-refractivity contribution in [1.82, 2.24) is 5.32 Å². The predicted molar refractivity (Wildman–Crippen MR) is 81.2 cm³/mol. The molecular formula is C15H21ClN2O2. The highest BCUT2D eigenvalue weighted by Gasteiger charge is 2.23. The molecule has 1 saturated carbocycles. The first-order chi connectivity index (χ1) is 9.58. The molecule has 0 aromatic heterocycles. The average molecular weight is 297 g/mol. The molecule has 20 heavy (non-hydrogen) atoms. The lowest BCUT2D eigenvalue weighted by atomic mass is 9.86. The first-order valence-electron chi connectivity index (χ1n) is 7.06. The molecule has 4 nitrogen and oxygen atoms in total. The Kier molecular flexibility index (Phi) is 5.26. The molecule has 0 saturated heterocycles. The number of amides is 2. The molecule has 2 amide bonds. The molecule has 3 N–H and O–H groups in total. The van der Waals surface area contributed by atoms with Gasteiger partial charge in [-0.25, -0.2) is 4.79 Å². The van der Waals surface area contributed by atoms with Gasteiger partial charge in [-0.2, -0.15) is 0 Å². The third-order valence-electron chi connectivity index (χ3n) is 3.85. The summed E-state index contributed by atoms with van der Waals surface area (Å²) in [6.45, 7) is 2.39. The zero-order valence-electron chi connectivity index (χ0n) is 11.7. The number of halogens is 1. The maximum atomic E-state index is 11.9. The van der Waals surface area contributed by atoms with Gasteiger partial charge in [0.05, 0.1) is 16.8 Å². The largest absolute Gasteiger partial charge is 0.393 e. The van der Waals surface area contributed by atoms with Crippen LogP contribution in [0.2, 0.25) is 5.02 Å². The molecule has 0 unspecified atom stereocenters. The van der Waals surface area contributed by atoms with Crippen molar-refractivity contribution >= 4 is 23.3 Å². The third kappa shape index (κ3) is 3.87. The van der Waals surface area contributed by atoms with E-state index in [9.17, 15) is 9.90 Å². The molecule has 1 aromatic rings. The van der Waals surface area contributed by atoms with E-state index in [1.54, 1.807) is 6.07 Å². The number of rotatable bonds is 3. The minimum Gasteiger partial charge on any atom is -0.393 e. The van der Waals surface area contributed by atoms with E-state index < -0.39 is 0 Å². The Morgan fingerprint density at radius 1 is 1.40 bits per heavy atom. The molecule has 1 aromatic carbocycles. The van der Waals surface area contributed by atoms with Crippen LogP contribution in [0.15, 0.2) is 18.2 Å². The van der Waals surface area contributed by atoms with Gasteiger partial charge in [0.1, 0.15) is 0 Å². The monoisotopic (exact) mass is 296 g/mol. The number of nitrogens with one attached hydrogen (secondary N) is 2. The number of anilines is 1. The lowest BCUT2D eigenvalue weighted by molar-refractivity contribution is 0.0711. The maximum Gasteiger partial charge on any atom is 0.319 e. The van der Waals surface area contributed by atoms with Crippen molar-refractivity contribution < 1.29 is 9.90 Å². The van der Waals surface area contributed by atoms with Gasteiger partial charge in [0.15, 0.2) is 0 Å². The summed E-state index contributed by atoms with van der Waals surface area (Å²) < 4.78 is 0. The molecule has 1 fully saturated rings. The van der Waals surface area contributed by atoms with Crippen LogP contribution in [0.1, 0.15) is 31.2 Å². The van der Waals surface area contributed by atoms with Gasteiger partial charge >= 0.3 is 6.03 Å². The minimum atomic E-state index is -0.300. The zero-order valence-corrected chi connectivity index (χ0v) is 12.4. The fourth-order valence-electron chi connectivity index (χ4n) is 2.60. The van der Waals surface area contributed by atoms with E-state index in [2.05, 4.69) is 10.6 Å². The Morgan fingerprint density at radius 2 is 2.15 bits per heavy atom. The third-order valence-corrected chi connectivity index (χ3v) is 4.17. The zero-order chi connectivity index (χ0) is 14.5. The molecule has 1 aliphatic carbocycles. The van der Waals surface area contributed by atoms with E-state index in [4.69, 9.17) is 11.6 Å². The SMILES string of the molecule is Cc1cccc(Cl)c1NC(=O)NC[C@H]1CCCC[C@H]1O. The highest BCUT2D eigenvalue weighted by Crippen LogP contribution is 2.25. The number of urea groups is 1. The number of aliphatic hydroxyl groups excluding tert-OH is 1. The van der Waals surface area contributed by atoms with E-state index in [1.165, 1.54) is 0 Å². The number of hydrogen-bond donors (Lipinski definition) is 3. The highest BCUT2D eigenvalue weighted by atomic mass is 35.5. The van der Waals surface area contributed by atoms with Crippen molar-refractivity contribution in [2.24, 2.45) is 5.92 Å². The Labute approximate surface area is 124 Å². The molecule has 0 heterocycles. The van der Waals surface area contributed by atoms with Crippen LogP contribution in [-0.4, -0.2) is 23.8 Å². The minimum absolute atomic E-state index is 0.154. The Bertz CT molecular complexity index is 459. The van der Waals surface area contributed by atoms with Crippen molar-refractivity contribution in [1.29, 1.82) is 0 Å². The Balaban J connectivity index is 1.86. The van der Waals surface area contributed by atoms with Crippen LogP contribution in [0.25, 0.3) is 0 Å². The van der Waals surface area contributed by atoms with Crippen molar-refractivity contribution in [2.45, 2.75) is 38.7 Å². The van der Waals surface area contributed by atoms with E-state index >= 15 is 0 Å². The van der Waals surface area contributed by atoms with Crippen LogP contribution in [0.4, 0.5) is 10.5 Å². The summed E-state index contributed by atoms with van der Waals surface area (Å²) in [4.78, 5) is 11.9. The number of aliphatic hydroxyl groups is 1. The highest BCUT2D eigenvalue weighted by molar-refractivity contribution is 6.33. The quantitative estimate of drug-likeness (QED) is 0.801. The maximum absolute atomic E-state index is 11.9. The summed E-state index contributed by atoms with van der Waals surface area (Å²) in [6, 6.07) is 5.21. The fraction of sp³-hybridized carbons (Fsp3) is 0.533. The lowest BCUT2D eigenvalue weighted by Gasteiger charge is -2.27. The summed E-state index contributed by atoms with van der Waals surface area (Å²) in [5.41, 5.74) is 1.56. The molecule has 1 aliphatic rings. The predicted octanol–water partition coefficient (Wildman–Crippen LogP) is 3.32. The van der Waals surface area contributed by atoms with Crippen LogP contribution < -0.4 is 10.6 Å². The van der Waals surface area contributed by atoms with Gasteiger partial charge in [-0.1, -0.05) is 36.6 Å². The summed E-state index contributed by atoms with van der Waals surface area (Å²) in [5.74, 6) is 0.154. The summed E-state index contributed by atoms with van der Waals surface area (Å²) in [5, 5.41) is 16.0. The molecule has 2 atom stereocenters. The van der Waals surface area contributed by atoms with Crippen LogP contribution >= 0.6 is 11.6 Å². The second kappa shape index (κ2) is 6.95. The van der Waals surface area contributed by atoms with Crippen LogP contribution in [0.5, 0.6) is 0 Å². The molecule has 2 rings (SSSR count). The van der Waals surface area contributed by atoms with Gasteiger partial charge in [-0.3, -0.25) is 0 Å². The van der Waals surface area contributed by atoms with Gasteiger partial charge in [0.25, 0.3) is 0 Å². The smallest absolute Gasteiger partial charge is 0.319 e. The molecule has 0 radical (unpaired) electrons. The Hall–Kier alpha value is -1.26. The molecular weight excluding hydrogens is 276 g/mol. The summed E-state index contributed by atoms with van der Waals surface area (Å²) >= 11 is 6.06. The number of carbonyl (C=O) groups excluding carboxylic acids is 1. The van der Waals surface area contributed by atoms with Gasteiger partial charge in [0, 0.05) is 12.5 Å². The number of benzene rings is 1. The topological polar surface area (TPSA) is 61.4 Å². The summed E-state index contributed by atoms with van der Waals surface area (Å²) in [7, 11) is 0. The van der Waals surface area contributed by atoms with Gasteiger partial charge in [0.2, 0.25) is 0 Å². The van der Waals surface area contributed by atoms with Crippen molar-refractivity contribution in [3.8, 4) is 0 Å². The van der Waals surface area contributed by atoms with E-state index in [-0.39, 0.29) is 18.1 Å². The molecule has 0 bridgehead atoms. The standard InChI is InChI=1S/C15H21ClN2O2/c1-10-5-4-7-12(16)14(10)18-15(20)17-9-11-6-2-3-8-13(11)19/h4-5,7,11,13,19H,2-3,6,8-9H2,1H3,(H2,17,18,20)/t11-,13-/m1/s1. The van der Waals surface area contributed by atoms with E-state index in [0.29, 0.717) is 17.3 Å². The number of hydrogen-bond acceptors (Lipinski definition) is 2. The normalized spacial score (nSPS) is 22.4. The first kappa shape index (κ1) is 15.1. The van der Waals surface area contributed by atoms with Crippen molar-refractivity contribution in [2.75, 3.05) is 11.9 Å². The van der Waals surface area contributed by atoms with Crippen LogP contribution in [-0.2, 0) is 0 Å². The first-order valence-corrected chi connectivity index (χ1v) is 7.43. The van der Waals surface area contributed by atoms with Crippen molar-refractivity contribution in [3.05, 3.63) is 28.8 Å². The number of carbonyl (C=O) groups is 1. The second-order valence-corrected chi connectivity index (χ2v) is 5.79. The fourth-order valence-corrected chi connectivity index (χ4v) is 2.87. The van der Waals surface area contributed by atoms with Gasteiger partial charge < -0.3 is 15.7 Å². The number of aryl methyl sites for hydroxylation is 1. The molecule has 0 spiro atoms. The van der Waals surface area contributed by atoms with Gasteiger partial charge in [-0.05, 0) is 31.4 Å². The van der Waals surface area contributed by atoms with Crippen LogP contribution in [0.3, 0.4) is 0 Å². The second-order valence-electron chi connectivity index (χ2n) is 5.38. The van der Waals surface area contributed by atoms with E-state index in [0.717, 1.165) is 31.2 Å². The average Bonchev–Trinajstić information content (AvgIpc) is 2.42. The molecule has 5 heteroatoms. The van der Waals surface area contributed by atoms with E-state index in [1.807, 2.05) is 19.1 Å². The number of para-hydroxylation sites is 1.